The molecule has 0 saturated heterocycles. The van der Waals surface area contributed by atoms with Crippen molar-refractivity contribution in [1.82, 2.24) is 0 Å². The van der Waals surface area contributed by atoms with Gasteiger partial charge in [-0.3, -0.25) is 4.79 Å². The van der Waals surface area contributed by atoms with Crippen molar-refractivity contribution in [2.75, 3.05) is 0 Å². The van der Waals surface area contributed by atoms with E-state index in [1.54, 1.807) is 0 Å². The van der Waals surface area contributed by atoms with Gasteiger partial charge in [0.2, 0.25) is 0 Å². The van der Waals surface area contributed by atoms with Crippen molar-refractivity contribution in [3.8, 4) is 0 Å². The summed E-state index contributed by atoms with van der Waals surface area (Å²) in [6.07, 6.45) is 0. The molecule has 0 unspecified atom stereocenters. The number of carbonyl (C=O) groups is 1. The van der Waals surface area contributed by atoms with Gasteiger partial charge in [-0.15, -0.1) is 0 Å². The van der Waals surface area contributed by atoms with Crippen LogP contribution >= 0.6 is 0 Å². The third-order valence-corrected chi connectivity index (χ3v) is 0. The first kappa shape index (κ1) is 28.0. The van der Waals surface area contributed by atoms with Crippen LogP contribution in [0.2, 0.25) is 0 Å². The number of hydrogen-bond acceptors (Lipinski definition) is 1. The Hall–Kier alpha value is 0.786. The molecule has 0 aromatic heterocycles. The van der Waals surface area contributed by atoms with Gasteiger partial charge in [-0.25, -0.2) is 0 Å². The van der Waals surface area contributed by atoms with Gasteiger partial charge in [0, 0.05) is 6.92 Å². The van der Waals surface area contributed by atoms with Crippen LogP contribution in [0.4, 0.5) is 33.8 Å². The number of aliphatic carboxylic acids is 1. The van der Waals surface area contributed by atoms with Gasteiger partial charge in [-0.2, -0.15) is 0 Å². The summed E-state index contributed by atoms with van der Waals surface area (Å²) in [5.41, 5.74) is 0. The molecule has 2 nitrogen and oxygen atoms in total. The molecular weight excluding hydrogens is 583 g/mol. The van der Waals surface area contributed by atoms with Gasteiger partial charge in [0.1, 0.15) is 0 Å². The molecule has 0 heterocycles. The molecule has 0 saturated carbocycles. The van der Waals surface area contributed by atoms with Crippen molar-refractivity contribution < 1.29 is 60.7 Å². The van der Waals surface area contributed by atoms with E-state index in [1.165, 1.54) is 0 Å². The third kappa shape index (κ3) is 8570. The Kier molecular flexibility index (Phi) is 7.68. The van der Waals surface area contributed by atoms with E-state index < -0.39 is 44.9 Å². The Morgan fingerprint density at radius 1 is 0.684 bits per heavy atom. The zero-order valence-electron chi connectivity index (χ0n) is 8.14. The van der Waals surface area contributed by atoms with Crippen molar-refractivity contribution in [3.63, 3.8) is 0 Å². The Labute approximate surface area is 112 Å². The quantitative estimate of drug-likeness (QED) is 0.338. The normalized spacial score (nSPS) is 18.4. The number of halogens is 12. The van der Waals surface area contributed by atoms with E-state index in [4.69, 9.17) is 9.90 Å². The molecule has 126 valence electrons. The third-order valence-electron chi connectivity index (χ3n) is 0. The monoisotopic (exact) mass is 586 g/mol. The fourth-order valence-corrected chi connectivity index (χ4v) is 0. The molecule has 17 heteroatoms. The standard InChI is InChI=1S/C2H4O2.12FH.Fe.2Sb/c1-2(3)4;;;;;;;;;;;;;;;/h1H3,(H,3,4);12*1H;;;/q;;;;;;;;;;;;;+2;2*+5/p-12. The average molecular weight is 587 g/mol. The van der Waals surface area contributed by atoms with Crippen LogP contribution in [0.15, 0.2) is 0 Å². The van der Waals surface area contributed by atoms with Crippen molar-refractivity contribution in [2.24, 2.45) is 0 Å². The van der Waals surface area contributed by atoms with Crippen molar-refractivity contribution in [1.29, 1.82) is 0 Å². The Morgan fingerprint density at radius 3 is 0.684 bits per heavy atom. The fourth-order valence-electron chi connectivity index (χ4n) is 0. The van der Waals surface area contributed by atoms with Gasteiger partial charge in [-0.05, 0) is 0 Å². The van der Waals surface area contributed by atoms with Crippen molar-refractivity contribution in [3.05, 3.63) is 0 Å². The van der Waals surface area contributed by atoms with E-state index in [1.807, 2.05) is 0 Å². The van der Waals surface area contributed by atoms with E-state index in [0.29, 0.717) is 0 Å². The van der Waals surface area contributed by atoms with Gasteiger partial charge >= 0.3 is 89.8 Å². The van der Waals surface area contributed by atoms with Gasteiger partial charge in [0.15, 0.2) is 0 Å². The van der Waals surface area contributed by atoms with Crippen LogP contribution in [0.3, 0.4) is 0 Å². The molecule has 0 rings (SSSR count). The zero-order valence-corrected chi connectivity index (χ0v) is 14.3. The van der Waals surface area contributed by atoms with E-state index in [9.17, 15) is 33.8 Å². The van der Waals surface area contributed by atoms with Crippen molar-refractivity contribution >= 4 is 44.9 Å². The van der Waals surface area contributed by atoms with Crippen molar-refractivity contribution in [2.45, 2.75) is 6.92 Å². The zero-order chi connectivity index (χ0) is 16.4. The second-order valence-corrected chi connectivity index (χ2v) is 13.4. The molecule has 0 aromatic rings. The largest absolute Gasteiger partial charge is 2.00 e. The molecule has 0 amide bonds. The van der Waals surface area contributed by atoms with Crippen LogP contribution < -0.4 is 0 Å². The molecular formula is C2H4F12FeO2Sb2. The number of rotatable bonds is 0. The van der Waals surface area contributed by atoms with E-state index >= 15 is 0 Å². The summed E-state index contributed by atoms with van der Waals surface area (Å²) in [5, 5.41) is 7.42. The first-order valence-electron chi connectivity index (χ1n) is 2.96. The summed E-state index contributed by atoms with van der Waals surface area (Å²) >= 11 is -22.5. The Balaban J connectivity index is -0.0000000900. The molecule has 0 aliphatic heterocycles. The minimum Gasteiger partial charge on any atom is 2.00 e. The molecule has 0 aliphatic rings. The smallest absolute Gasteiger partial charge is 2.00 e. The first-order valence-corrected chi connectivity index (χ1v) is 14.5. The van der Waals surface area contributed by atoms with Gasteiger partial charge in [0.05, 0.1) is 0 Å². The minimum atomic E-state index is -11.2. The maximum atomic E-state index is 9.93. The van der Waals surface area contributed by atoms with Crippen LogP contribution in [-0.2, 0) is 21.9 Å². The molecule has 0 radical (unpaired) electrons. The van der Waals surface area contributed by atoms with Gasteiger partial charge in [0.25, 0.3) is 5.97 Å². The van der Waals surface area contributed by atoms with E-state index in [-0.39, 0.29) is 17.1 Å². The fraction of sp³-hybridized carbons (Fsp3) is 0.500. The van der Waals surface area contributed by atoms with E-state index in [2.05, 4.69) is 0 Å². The summed E-state index contributed by atoms with van der Waals surface area (Å²) in [7, 11) is 0. The molecule has 0 atom stereocenters. The topological polar surface area (TPSA) is 37.3 Å². The second-order valence-electron chi connectivity index (χ2n) is 2.44. The predicted molar refractivity (Wildman–Crippen MR) is 38.1 cm³/mol. The number of carboxylic acids is 1. The SMILES string of the molecule is CC(=O)O.[F][Sb-]([F])([F])([F])([F])[F].[F][Sb-]([F])([F])([F])([F])[F].[Fe+2]. The number of hydrogen-bond donors (Lipinski definition) is 1. The summed E-state index contributed by atoms with van der Waals surface area (Å²) in [5.74, 6) is -0.833. The molecule has 0 aromatic carbocycles. The molecule has 0 fully saturated rings. The minimum absolute atomic E-state index is 0. The summed E-state index contributed by atoms with van der Waals surface area (Å²) < 4.78 is 119. The van der Waals surface area contributed by atoms with E-state index in [0.717, 1.165) is 6.92 Å². The summed E-state index contributed by atoms with van der Waals surface area (Å²) in [4.78, 5) is 9.00. The van der Waals surface area contributed by atoms with Crippen LogP contribution in [0.5, 0.6) is 0 Å². The first-order chi connectivity index (χ1) is 6.63. The molecule has 0 aliphatic carbocycles. The molecule has 0 spiro atoms. The van der Waals surface area contributed by atoms with Crippen LogP contribution in [0, 0.1) is 0 Å². The summed E-state index contributed by atoms with van der Waals surface area (Å²) in [6.45, 7) is 1.08. The van der Waals surface area contributed by atoms with Crippen LogP contribution in [0.25, 0.3) is 0 Å². The average Bonchev–Trinajstić information content (AvgIpc) is 1.33. The maximum Gasteiger partial charge on any atom is 2.00 e. The second kappa shape index (κ2) is 5.21. The van der Waals surface area contributed by atoms with Crippen LogP contribution in [0.1, 0.15) is 6.92 Å². The number of carboxylic acid groups (broad SMARTS) is 1. The summed E-state index contributed by atoms with van der Waals surface area (Å²) in [6, 6.07) is 0. The predicted octanol–water partition coefficient (Wildman–Crippen LogP) is 4.37. The Bertz CT molecular complexity index is 249. The van der Waals surface area contributed by atoms with Gasteiger partial charge < -0.3 is 5.11 Å². The molecule has 1 N–H and O–H groups in total. The molecule has 19 heavy (non-hydrogen) atoms. The van der Waals surface area contributed by atoms with Gasteiger partial charge in [-0.1, -0.05) is 0 Å². The van der Waals surface area contributed by atoms with Crippen LogP contribution in [-0.4, -0.2) is 50.0 Å². The Morgan fingerprint density at radius 2 is 0.684 bits per heavy atom. The maximum absolute atomic E-state index is 11.2. The molecule has 0 bridgehead atoms.